The molecule has 0 aliphatic carbocycles. The maximum atomic E-state index is 11.9. The van der Waals surface area contributed by atoms with E-state index in [2.05, 4.69) is 14.8 Å². The summed E-state index contributed by atoms with van der Waals surface area (Å²) in [5.74, 6) is -0.149. The summed E-state index contributed by atoms with van der Waals surface area (Å²) < 4.78 is 23.9. The van der Waals surface area contributed by atoms with Gasteiger partial charge in [-0.2, -0.15) is 0 Å². The first-order valence-corrected chi connectivity index (χ1v) is 10.3. The van der Waals surface area contributed by atoms with Gasteiger partial charge in [0.2, 0.25) is 0 Å². The lowest BCUT2D eigenvalue weighted by Crippen LogP contribution is -2.46. The van der Waals surface area contributed by atoms with Crippen molar-refractivity contribution in [3.8, 4) is 0 Å². The Morgan fingerprint density at radius 1 is 1.16 bits per heavy atom. The molecule has 8 heteroatoms. The summed E-state index contributed by atoms with van der Waals surface area (Å²) >= 11 is 6.12. The van der Waals surface area contributed by atoms with E-state index in [-0.39, 0.29) is 17.4 Å². The van der Waals surface area contributed by atoms with E-state index in [4.69, 9.17) is 11.6 Å². The van der Waals surface area contributed by atoms with Crippen LogP contribution in [0.3, 0.4) is 0 Å². The number of benzene rings is 1. The van der Waals surface area contributed by atoms with Crippen LogP contribution in [0.2, 0.25) is 0 Å². The number of allylic oxidation sites excluding steroid dienone is 1. The van der Waals surface area contributed by atoms with Gasteiger partial charge in [-0.1, -0.05) is 29.8 Å². The highest BCUT2D eigenvalue weighted by Gasteiger charge is 2.25. The van der Waals surface area contributed by atoms with Gasteiger partial charge < -0.3 is 4.90 Å². The average Bonchev–Trinajstić information content (AvgIpc) is 2.58. The highest BCUT2D eigenvalue weighted by Crippen LogP contribution is 2.21. The minimum Gasteiger partial charge on any atom is -0.366 e. The monoisotopic (exact) mass is 381 g/mol. The summed E-state index contributed by atoms with van der Waals surface area (Å²) in [5.41, 5.74) is 1.50. The predicted octanol–water partition coefficient (Wildman–Crippen LogP) is 1.31. The summed E-state index contributed by atoms with van der Waals surface area (Å²) in [6, 6.07) is 7.10. The van der Waals surface area contributed by atoms with Crippen LogP contribution in [-0.2, 0) is 21.2 Å². The van der Waals surface area contributed by atoms with Gasteiger partial charge in [0.1, 0.15) is 11.6 Å². The van der Waals surface area contributed by atoms with Gasteiger partial charge in [-0.05, 0) is 11.6 Å². The first-order chi connectivity index (χ1) is 11.9. The van der Waals surface area contributed by atoms with Crippen molar-refractivity contribution in [2.45, 2.75) is 11.4 Å². The number of piperazine rings is 1. The molecule has 0 bridgehead atoms. The molecule has 0 aromatic heterocycles. The highest BCUT2D eigenvalue weighted by molar-refractivity contribution is 7.90. The van der Waals surface area contributed by atoms with Crippen LogP contribution < -0.4 is 0 Å². The Morgan fingerprint density at radius 2 is 1.84 bits per heavy atom. The number of nitrogens with zero attached hydrogens (tertiary/aromatic N) is 3. The second kappa shape index (κ2) is 7.27. The maximum Gasteiger partial charge on any atom is 0.197 e. The lowest BCUT2D eigenvalue weighted by molar-refractivity contribution is -0.113. The number of aliphatic imine (C=N–C) groups is 1. The second-order valence-corrected chi connectivity index (χ2v) is 8.60. The first-order valence-electron chi connectivity index (χ1n) is 8.04. The molecule has 2 heterocycles. The lowest BCUT2D eigenvalue weighted by atomic mass is 10.1. The molecule has 0 radical (unpaired) electrons. The number of hydrogen-bond acceptors (Lipinski definition) is 6. The molecule has 0 amide bonds. The number of carbonyl (C=O) groups excluding carboxylic acids is 1. The molecule has 0 atom stereocenters. The Hall–Kier alpha value is -1.70. The summed E-state index contributed by atoms with van der Waals surface area (Å²) in [6.45, 7) is 3.64. The Morgan fingerprint density at radius 3 is 2.52 bits per heavy atom. The molecule has 2 aliphatic heterocycles. The van der Waals surface area contributed by atoms with Crippen molar-refractivity contribution in [3.63, 3.8) is 0 Å². The fraction of sp³-hybridized carbons (Fsp3) is 0.412. The first kappa shape index (κ1) is 18.1. The number of sulfone groups is 1. The van der Waals surface area contributed by atoms with E-state index in [1.165, 1.54) is 6.26 Å². The van der Waals surface area contributed by atoms with Crippen LogP contribution in [0.1, 0.15) is 5.56 Å². The number of carbonyl (C=O) groups is 1. The van der Waals surface area contributed by atoms with Crippen molar-refractivity contribution in [3.05, 3.63) is 40.6 Å². The van der Waals surface area contributed by atoms with Crippen LogP contribution in [0, 0.1) is 0 Å². The molecule has 25 heavy (non-hydrogen) atoms. The van der Waals surface area contributed by atoms with Crippen LogP contribution in [0.5, 0.6) is 0 Å². The largest absolute Gasteiger partial charge is 0.366 e. The third kappa shape index (κ3) is 4.11. The van der Waals surface area contributed by atoms with Crippen LogP contribution in [0.4, 0.5) is 0 Å². The van der Waals surface area contributed by atoms with E-state index < -0.39 is 9.84 Å². The average molecular weight is 382 g/mol. The predicted molar refractivity (Wildman–Crippen MR) is 97.6 cm³/mol. The number of rotatable bonds is 4. The number of Topliss-reactive ketones (excluding diaryl/α,β-unsaturated/α-hetero) is 1. The number of hydrogen-bond donors (Lipinski definition) is 0. The van der Waals surface area contributed by atoms with Gasteiger partial charge in [-0.3, -0.25) is 14.7 Å². The molecule has 0 N–H and O–H groups in total. The molecule has 1 aromatic rings. The van der Waals surface area contributed by atoms with Gasteiger partial charge in [0.15, 0.2) is 15.6 Å². The van der Waals surface area contributed by atoms with Crippen molar-refractivity contribution in [2.75, 3.05) is 39.0 Å². The topological polar surface area (TPSA) is 70.1 Å². The Bertz CT molecular complexity index is 840. The van der Waals surface area contributed by atoms with Gasteiger partial charge >= 0.3 is 0 Å². The Balaban J connectivity index is 1.67. The Kier molecular flexibility index (Phi) is 5.27. The zero-order valence-electron chi connectivity index (χ0n) is 14.0. The van der Waals surface area contributed by atoms with Crippen LogP contribution in [0.25, 0.3) is 0 Å². The van der Waals surface area contributed by atoms with E-state index in [9.17, 15) is 13.2 Å². The van der Waals surface area contributed by atoms with Gasteiger partial charge in [-0.25, -0.2) is 8.42 Å². The van der Waals surface area contributed by atoms with Crippen LogP contribution >= 0.6 is 11.6 Å². The minimum atomic E-state index is -3.24. The fourth-order valence-corrected chi connectivity index (χ4v) is 4.25. The standard InChI is InChI=1S/C17H20ClN3O3S/c1-25(23,24)16-5-3-2-4-13(16)12-20-6-8-21(9-7-20)14-10-19-11-15(22)17(14)18/h2-5,10H,6-9,11-12H2,1H3. The molecule has 3 rings (SSSR count). The van der Waals surface area contributed by atoms with Gasteiger partial charge in [-0.15, -0.1) is 0 Å². The summed E-state index contributed by atoms with van der Waals surface area (Å²) in [5, 5.41) is 0.255. The SMILES string of the molecule is CS(=O)(=O)c1ccccc1CN1CCN(C2=C(Cl)C(=O)CN=C2)CC1. The quantitative estimate of drug-likeness (QED) is 0.786. The molecule has 2 aliphatic rings. The summed E-state index contributed by atoms with van der Waals surface area (Å²) in [4.78, 5) is 20.4. The third-order valence-corrected chi connectivity index (χ3v) is 6.00. The van der Waals surface area contributed by atoms with E-state index in [1.54, 1.807) is 18.3 Å². The smallest absolute Gasteiger partial charge is 0.197 e. The molecular formula is C17H20ClN3O3S. The van der Waals surface area contributed by atoms with E-state index >= 15 is 0 Å². The molecule has 134 valence electrons. The third-order valence-electron chi connectivity index (χ3n) is 4.40. The molecule has 1 saturated heterocycles. The van der Waals surface area contributed by atoms with Crippen LogP contribution in [0.15, 0.2) is 44.9 Å². The number of dihydropyridines is 1. The molecule has 1 fully saturated rings. The lowest BCUT2D eigenvalue weighted by Gasteiger charge is -2.37. The summed E-state index contributed by atoms with van der Waals surface area (Å²) in [6.07, 6.45) is 2.90. The highest BCUT2D eigenvalue weighted by atomic mass is 35.5. The zero-order chi connectivity index (χ0) is 18.0. The van der Waals surface area contributed by atoms with Crippen LogP contribution in [-0.4, -0.2) is 69.2 Å². The van der Waals surface area contributed by atoms with Gasteiger partial charge in [0.05, 0.1) is 10.6 Å². The molecule has 1 aromatic carbocycles. The van der Waals surface area contributed by atoms with Crippen molar-refractivity contribution in [1.82, 2.24) is 9.80 Å². The van der Waals surface area contributed by atoms with E-state index in [1.807, 2.05) is 12.1 Å². The van der Waals surface area contributed by atoms with E-state index in [0.29, 0.717) is 30.2 Å². The van der Waals surface area contributed by atoms with Crippen molar-refractivity contribution in [1.29, 1.82) is 0 Å². The molecule has 0 unspecified atom stereocenters. The fourth-order valence-electron chi connectivity index (χ4n) is 3.09. The van der Waals surface area contributed by atoms with Crippen molar-refractivity contribution in [2.24, 2.45) is 4.99 Å². The number of halogens is 1. The maximum absolute atomic E-state index is 11.9. The Labute approximate surface area is 152 Å². The van der Waals surface area contributed by atoms with Crippen molar-refractivity contribution < 1.29 is 13.2 Å². The van der Waals surface area contributed by atoms with Crippen molar-refractivity contribution >= 4 is 33.4 Å². The molecule has 0 spiro atoms. The molecule has 0 saturated carbocycles. The van der Waals surface area contributed by atoms with E-state index in [0.717, 1.165) is 18.7 Å². The number of ketones is 1. The summed E-state index contributed by atoms with van der Waals surface area (Å²) in [7, 11) is -3.24. The minimum absolute atomic E-state index is 0.116. The normalized spacial score (nSPS) is 19.6. The van der Waals surface area contributed by atoms with Gasteiger partial charge in [0, 0.05) is 45.2 Å². The molecular weight excluding hydrogens is 362 g/mol. The molecule has 6 nitrogen and oxygen atoms in total. The zero-order valence-corrected chi connectivity index (χ0v) is 15.6. The van der Waals surface area contributed by atoms with Gasteiger partial charge in [0.25, 0.3) is 0 Å². The second-order valence-electron chi connectivity index (χ2n) is 6.24.